The van der Waals surface area contributed by atoms with Crippen LogP contribution in [0.5, 0.6) is 0 Å². The summed E-state index contributed by atoms with van der Waals surface area (Å²) >= 11 is 6.00. The normalized spacial score (nSPS) is 10.8. The van der Waals surface area contributed by atoms with Crippen LogP contribution in [0.2, 0.25) is 5.02 Å². The third kappa shape index (κ3) is 4.52. The van der Waals surface area contributed by atoms with Crippen molar-refractivity contribution < 1.29 is 9.32 Å². The standard InChI is InChI=1S/C21H18ClN5O2/c1-26(13-19-24-20(25-29-19)17-3-2-4-18(22)11-17)21(28)16-7-5-15(6-8-16)12-27-10-9-23-14-27/h2-11,14H,12-13H2,1H3. The summed E-state index contributed by atoms with van der Waals surface area (Å²) < 4.78 is 7.26. The van der Waals surface area contributed by atoms with E-state index in [9.17, 15) is 4.79 Å². The molecule has 0 fully saturated rings. The minimum absolute atomic E-state index is 0.123. The molecule has 8 heteroatoms. The van der Waals surface area contributed by atoms with Gasteiger partial charge in [-0.1, -0.05) is 41.0 Å². The Labute approximate surface area is 172 Å². The topological polar surface area (TPSA) is 77.0 Å². The van der Waals surface area contributed by atoms with Crippen molar-refractivity contribution in [3.8, 4) is 11.4 Å². The molecule has 2 aromatic heterocycles. The van der Waals surface area contributed by atoms with Gasteiger partial charge in [0.1, 0.15) is 0 Å². The molecule has 4 aromatic rings. The molecule has 0 bridgehead atoms. The number of imidazole rings is 1. The third-order valence-corrected chi connectivity index (χ3v) is 4.63. The van der Waals surface area contributed by atoms with Gasteiger partial charge in [-0.25, -0.2) is 4.98 Å². The predicted octanol–water partition coefficient (Wildman–Crippen LogP) is 3.91. The molecule has 2 heterocycles. The van der Waals surface area contributed by atoms with Crippen LogP contribution < -0.4 is 0 Å². The van der Waals surface area contributed by atoms with Crippen LogP contribution >= 0.6 is 11.6 Å². The molecule has 0 aliphatic rings. The van der Waals surface area contributed by atoms with Crippen molar-refractivity contribution in [2.45, 2.75) is 13.1 Å². The van der Waals surface area contributed by atoms with E-state index in [1.165, 1.54) is 0 Å². The van der Waals surface area contributed by atoms with Crippen LogP contribution in [0.3, 0.4) is 0 Å². The van der Waals surface area contributed by atoms with E-state index in [1.807, 2.05) is 47.2 Å². The monoisotopic (exact) mass is 407 g/mol. The number of carbonyl (C=O) groups is 1. The average molecular weight is 408 g/mol. The van der Waals surface area contributed by atoms with Gasteiger partial charge in [0.15, 0.2) is 0 Å². The van der Waals surface area contributed by atoms with Crippen molar-refractivity contribution in [3.05, 3.63) is 89.3 Å². The lowest BCUT2D eigenvalue weighted by molar-refractivity contribution is 0.0769. The number of carbonyl (C=O) groups excluding carboxylic acids is 1. The zero-order chi connectivity index (χ0) is 20.2. The highest BCUT2D eigenvalue weighted by atomic mass is 35.5. The Balaban J connectivity index is 1.40. The molecule has 0 saturated heterocycles. The lowest BCUT2D eigenvalue weighted by atomic mass is 10.1. The maximum atomic E-state index is 12.7. The second-order valence-corrected chi connectivity index (χ2v) is 7.05. The summed E-state index contributed by atoms with van der Waals surface area (Å²) in [4.78, 5) is 22.6. The molecule has 4 rings (SSSR count). The average Bonchev–Trinajstić information content (AvgIpc) is 3.40. The summed E-state index contributed by atoms with van der Waals surface area (Å²) in [5, 5.41) is 4.56. The van der Waals surface area contributed by atoms with E-state index in [0.29, 0.717) is 28.8 Å². The third-order valence-electron chi connectivity index (χ3n) is 4.40. The highest BCUT2D eigenvalue weighted by molar-refractivity contribution is 6.30. The second-order valence-electron chi connectivity index (χ2n) is 6.62. The SMILES string of the molecule is CN(Cc1nc(-c2cccc(Cl)c2)no1)C(=O)c1ccc(Cn2ccnc2)cc1. The fourth-order valence-electron chi connectivity index (χ4n) is 2.90. The van der Waals surface area contributed by atoms with E-state index < -0.39 is 0 Å². The lowest BCUT2D eigenvalue weighted by Gasteiger charge is -2.15. The van der Waals surface area contributed by atoms with Crippen LogP contribution in [0.25, 0.3) is 11.4 Å². The maximum Gasteiger partial charge on any atom is 0.254 e. The highest BCUT2D eigenvalue weighted by Crippen LogP contribution is 2.20. The van der Waals surface area contributed by atoms with E-state index in [2.05, 4.69) is 15.1 Å². The van der Waals surface area contributed by atoms with Gasteiger partial charge in [-0.05, 0) is 29.8 Å². The van der Waals surface area contributed by atoms with Crippen LogP contribution in [0.15, 0.2) is 71.8 Å². The molecule has 0 aliphatic heterocycles. The Morgan fingerprint density at radius 2 is 2.03 bits per heavy atom. The molecule has 2 aromatic carbocycles. The smallest absolute Gasteiger partial charge is 0.254 e. The molecule has 0 spiro atoms. The minimum atomic E-state index is -0.123. The summed E-state index contributed by atoms with van der Waals surface area (Å²) in [6.07, 6.45) is 5.39. The van der Waals surface area contributed by atoms with Crippen molar-refractivity contribution in [2.24, 2.45) is 0 Å². The van der Waals surface area contributed by atoms with Gasteiger partial charge in [-0.2, -0.15) is 4.98 Å². The van der Waals surface area contributed by atoms with Crippen molar-refractivity contribution in [2.75, 3.05) is 7.05 Å². The van der Waals surface area contributed by atoms with Gasteiger partial charge < -0.3 is 14.0 Å². The summed E-state index contributed by atoms with van der Waals surface area (Å²) in [5.74, 6) is 0.668. The maximum absolute atomic E-state index is 12.7. The second kappa shape index (κ2) is 8.28. The van der Waals surface area contributed by atoms with Gasteiger partial charge in [-0.3, -0.25) is 4.79 Å². The van der Waals surface area contributed by atoms with Gasteiger partial charge in [0, 0.05) is 42.1 Å². The van der Waals surface area contributed by atoms with E-state index in [4.69, 9.17) is 16.1 Å². The molecular weight excluding hydrogens is 390 g/mol. The fraction of sp³-hybridized carbons (Fsp3) is 0.143. The first-order valence-corrected chi connectivity index (χ1v) is 9.35. The van der Waals surface area contributed by atoms with Crippen LogP contribution in [0, 0.1) is 0 Å². The molecule has 0 aliphatic carbocycles. The summed E-state index contributed by atoms with van der Waals surface area (Å²) in [6, 6.07) is 14.7. The number of halogens is 1. The largest absolute Gasteiger partial charge is 0.337 e. The molecule has 7 nitrogen and oxygen atoms in total. The number of rotatable bonds is 6. The Hall–Kier alpha value is -3.45. The van der Waals surface area contributed by atoms with Gasteiger partial charge in [0.2, 0.25) is 11.7 Å². The predicted molar refractivity (Wildman–Crippen MR) is 108 cm³/mol. The molecule has 146 valence electrons. The van der Waals surface area contributed by atoms with E-state index >= 15 is 0 Å². The zero-order valence-corrected chi connectivity index (χ0v) is 16.5. The van der Waals surface area contributed by atoms with Crippen molar-refractivity contribution in [3.63, 3.8) is 0 Å². The summed E-state index contributed by atoms with van der Waals surface area (Å²) in [7, 11) is 1.70. The molecular formula is C21H18ClN5O2. The van der Waals surface area contributed by atoms with E-state index in [1.54, 1.807) is 36.6 Å². The summed E-state index contributed by atoms with van der Waals surface area (Å²) in [6.45, 7) is 0.918. The molecule has 29 heavy (non-hydrogen) atoms. The van der Waals surface area contributed by atoms with Crippen LogP contribution in [0.1, 0.15) is 21.8 Å². The summed E-state index contributed by atoms with van der Waals surface area (Å²) in [5.41, 5.74) is 2.44. The highest BCUT2D eigenvalue weighted by Gasteiger charge is 2.16. The molecule has 1 amide bonds. The minimum Gasteiger partial charge on any atom is -0.337 e. The Kier molecular flexibility index (Phi) is 5.39. The van der Waals surface area contributed by atoms with Crippen LogP contribution in [0.4, 0.5) is 0 Å². The fourth-order valence-corrected chi connectivity index (χ4v) is 3.09. The molecule has 0 radical (unpaired) electrons. The molecule has 0 unspecified atom stereocenters. The Morgan fingerprint density at radius 3 is 2.76 bits per heavy atom. The van der Waals surface area contributed by atoms with Gasteiger partial charge >= 0.3 is 0 Å². The van der Waals surface area contributed by atoms with E-state index in [-0.39, 0.29) is 12.5 Å². The number of benzene rings is 2. The number of aromatic nitrogens is 4. The van der Waals surface area contributed by atoms with Crippen molar-refractivity contribution >= 4 is 17.5 Å². The van der Waals surface area contributed by atoms with Gasteiger partial charge in [0.05, 0.1) is 12.9 Å². The number of hydrogen-bond acceptors (Lipinski definition) is 5. The first-order chi connectivity index (χ1) is 14.1. The zero-order valence-electron chi connectivity index (χ0n) is 15.7. The molecule has 0 atom stereocenters. The Bertz CT molecular complexity index is 1110. The first-order valence-electron chi connectivity index (χ1n) is 8.97. The van der Waals surface area contributed by atoms with Crippen LogP contribution in [-0.4, -0.2) is 37.5 Å². The number of nitrogens with zero attached hydrogens (tertiary/aromatic N) is 5. The molecule has 0 N–H and O–H groups in total. The number of hydrogen-bond donors (Lipinski definition) is 0. The van der Waals surface area contributed by atoms with Crippen molar-refractivity contribution in [1.82, 2.24) is 24.6 Å². The van der Waals surface area contributed by atoms with Gasteiger partial charge in [-0.15, -0.1) is 0 Å². The van der Waals surface area contributed by atoms with Crippen molar-refractivity contribution in [1.29, 1.82) is 0 Å². The van der Waals surface area contributed by atoms with E-state index in [0.717, 1.165) is 11.1 Å². The lowest BCUT2D eigenvalue weighted by Crippen LogP contribution is -2.26. The quantitative estimate of drug-likeness (QED) is 0.484. The first kappa shape index (κ1) is 18.9. The van der Waals surface area contributed by atoms with Crippen LogP contribution in [-0.2, 0) is 13.1 Å². The number of amides is 1. The molecule has 0 saturated carbocycles. The van der Waals surface area contributed by atoms with Gasteiger partial charge in [0.25, 0.3) is 5.91 Å². The Morgan fingerprint density at radius 1 is 1.21 bits per heavy atom.